The average Bonchev–Trinajstić information content (AvgIpc) is 3.34. The maximum Gasteiger partial charge on any atom is 0.249 e. The Morgan fingerprint density at radius 2 is 2.03 bits per heavy atom. The summed E-state index contributed by atoms with van der Waals surface area (Å²) in [4.78, 5) is 23.0. The zero-order valence-corrected chi connectivity index (χ0v) is 17.9. The summed E-state index contributed by atoms with van der Waals surface area (Å²) in [6.07, 6.45) is 11.6. The number of aromatic nitrogens is 2. The largest absolute Gasteiger partial charge is 0.494 e. The Morgan fingerprint density at radius 3 is 2.83 bits per heavy atom. The van der Waals surface area contributed by atoms with Crippen molar-refractivity contribution < 1.29 is 9.53 Å². The number of benzene rings is 1. The topological polar surface area (TPSA) is 71.7 Å². The van der Waals surface area contributed by atoms with E-state index in [1.54, 1.807) is 0 Å². The molecule has 2 aromatic rings. The van der Waals surface area contributed by atoms with Gasteiger partial charge >= 0.3 is 0 Å². The molecular formula is C23H31N5O2. The van der Waals surface area contributed by atoms with E-state index in [4.69, 9.17) is 4.74 Å². The Kier molecular flexibility index (Phi) is 6.35. The Labute approximate surface area is 178 Å². The summed E-state index contributed by atoms with van der Waals surface area (Å²) in [6, 6.07) is 5.87. The van der Waals surface area contributed by atoms with Gasteiger partial charge in [0.15, 0.2) is 0 Å². The van der Waals surface area contributed by atoms with Crippen molar-refractivity contribution in [3.05, 3.63) is 42.5 Å². The fraction of sp³-hybridized carbons (Fsp3) is 0.522. The number of hydrogen-bond acceptors (Lipinski definition) is 5. The van der Waals surface area contributed by atoms with E-state index < -0.39 is 0 Å². The zero-order chi connectivity index (χ0) is 20.9. The van der Waals surface area contributed by atoms with Gasteiger partial charge < -0.3 is 14.2 Å². The molecule has 160 valence electrons. The van der Waals surface area contributed by atoms with Gasteiger partial charge in [-0.05, 0) is 37.0 Å². The highest BCUT2D eigenvalue weighted by Gasteiger charge is 2.40. The van der Waals surface area contributed by atoms with Crippen LogP contribution in [0, 0.1) is 5.92 Å². The molecule has 3 heterocycles. The number of rotatable bonds is 10. The predicted molar refractivity (Wildman–Crippen MR) is 117 cm³/mol. The molecule has 0 aliphatic carbocycles. The number of guanidine groups is 1. The van der Waals surface area contributed by atoms with Gasteiger partial charge in [0, 0.05) is 31.0 Å². The monoisotopic (exact) mass is 409 g/mol. The molecule has 30 heavy (non-hydrogen) atoms. The van der Waals surface area contributed by atoms with Crippen LogP contribution in [-0.2, 0) is 17.9 Å². The van der Waals surface area contributed by atoms with Crippen LogP contribution >= 0.6 is 0 Å². The minimum atomic E-state index is -0.157. The van der Waals surface area contributed by atoms with Crippen LogP contribution in [-0.4, -0.2) is 39.0 Å². The van der Waals surface area contributed by atoms with E-state index in [0.717, 1.165) is 36.6 Å². The van der Waals surface area contributed by atoms with Gasteiger partial charge in [-0.15, -0.1) is 0 Å². The van der Waals surface area contributed by atoms with E-state index in [9.17, 15) is 4.79 Å². The minimum Gasteiger partial charge on any atom is -0.494 e. The van der Waals surface area contributed by atoms with Gasteiger partial charge in [0.2, 0.25) is 11.9 Å². The number of aryl methyl sites for hydroxylation is 1. The highest BCUT2D eigenvalue weighted by molar-refractivity contribution is 6.07. The molecule has 1 unspecified atom stereocenters. The zero-order valence-electron chi connectivity index (χ0n) is 17.9. The lowest BCUT2D eigenvalue weighted by Crippen LogP contribution is -2.39. The smallest absolute Gasteiger partial charge is 0.249 e. The third-order valence-electron chi connectivity index (χ3n) is 5.75. The highest BCUT2D eigenvalue weighted by Crippen LogP contribution is 2.33. The van der Waals surface area contributed by atoms with Crippen molar-refractivity contribution >= 4 is 17.6 Å². The molecule has 7 heteroatoms. The van der Waals surface area contributed by atoms with Crippen molar-refractivity contribution in [1.82, 2.24) is 19.8 Å². The molecule has 1 atom stereocenters. The summed E-state index contributed by atoms with van der Waals surface area (Å²) in [5.41, 5.74) is 2.02. The molecule has 0 bridgehead atoms. The molecule has 1 fully saturated rings. The SMILES string of the molecule is CC(C)C1C(=O)NC2=Nc3ccc(OCCCCCCCn4ccnc4)cc3CN21. The highest BCUT2D eigenvalue weighted by atomic mass is 16.5. The van der Waals surface area contributed by atoms with Crippen LogP contribution in [0.1, 0.15) is 51.5 Å². The molecule has 7 nitrogen and oxygen atoms in total. The van der Waals surface area contributed by atoms with E-state index in [-0.39, 0.29) is 17.9 Å². The number of fused-ring (bicyclic) bond motifs is 2. The molecule has 1 saturated heterocycles. The molecule has 1 N–H and O–H groups in total. The van der Waals surface area contributed by atoms with Crippen LogP contribution < -0.4 is 10.1 Å². The van der Waals surface area contributed by atoms with Gasteiger partial charge in [-0.1, -0.05) is 33.1 Å². The number of nitrogens with one attached hydrogen (secondary N) is 1. The second-order valence-electron chi connectivity index (χ2n) is 8.45. The second-order valence-corrected chi connectivity index (χ2v) is 8.45. The van der Waals surface area contributed by atoms with Crippen molar-refractivity contribution in [2.45, 2.75) is 65.1 Å². The third-order valence-corrected chi connectivity index (χ3v) is 5.75. The summed E-state index contributed by atoms with van der Waals surface area (Å²) < 4.78 is 8.11. The van der Waals surface area contributed by atoms with Crippen LogP contribution in [0.5, 0.6) is 5.75 Å². The Morgan fingerprint density at radius 1 is 1.20 bits per heavy atom. The van der Waals surface area contributed by atoms with Crippen LogP contribution in [0.25, 0.3) is 0 Å². The molecule has 2 aliphatic heterocycles. The molecular weight excluding hydrogens is 378 g/mol. The number of nitrogens with zero attached hydrogens (tertiary/aromatic N) is 4. The number of hydrogen-bond donors (Lipinski definition) is 1. The van der Waals surface area contributed by atoms with Crippen molar-refractivity contribution in [2.24, 2.45) is 10.9 Å². The molecule has 0 spiro atoms. The quantitative estimate of drug-likeness (QED) is 0.605. The van der Waals surface area contributed by atoms with E-state index in [2.05, 4.69) is 44.7 Å². The van der Waals surface area contributed by atoms with Gasteiger partial charge in [0.1, 0.15) is 11.8 Å². The number of amides is 1. The summed E-state index contributed by atoms with van der Waals surface area (Å²) in [5.74, 6) is 1.83. The first kappa shape index (κ1) is 20.4. The Bertz CT molecular complexity index is 891. The molecule has 1 aromatic heterocycles. The first-order chi connectivity index (χ1) is 14.6. The standard InChI is InChI=1S/C23H31N5O2/c1-17(2)21-22(29)26-23-25-20-9-8-19(14-18(20)15-28(21)23)30-13-7-5-3-4-6-11-27-12-10-24-16-27/h8-10,12,14,16-17,21H,3-7,11,13,15H2,1-2H3,(H,25,26,29). The van der Waals surface area contributed by atoms with Crippen molar-refractivity contribution in [3.63, 3.8) is 0 Å². The number of imidazole rings is 1. The van der Waals surface area contributed by atoms with Gasteiger partial charge in [0.25, 0.3) is 0 Å². The molecule has 2 aliphatic rings. The van der Waals surface area contributed by atoms with Crippen LogP contribution in [0.3, 0.4) is 0 Å². The van der Waals surface area contributed by atoms with E-state index in [0.29, 0.717) is 12.5 Å². The maximum absolute atomic E-state index is 12.3. The van der Waals surface area contributed by atoms with Crippen molar-refractivity contribution in [1.29, 1.82) is 0 Å². The first-order valence-corrected chi connectivity index (χ1v) is 11.0. The van der Waals surface area contributed by atoms with E-state index in [1.165, 1.54) is 25.7 Å². The number of aliphatic imine (C=N–C) groups is 1. The number of unbranched alkanes of at least 4 members (excludes halogenated alkanes) is 4. The third kappa shape index (κ3) is 4.66. The Balaban J connectivity index is 1.21. The summed E-state index contributed by atoms with van der Waals surface area (Å²) in [5, 5.41) is 2.91. The van der Waals surface area contributed by atoms with Gasteiger partial charge in [-0.3, -0.25) is 10.1 Å². The van der Waals surface area contributed by atoms with Gasteiger partial charge in [-0.25, -0.2) is 9.98 Å². The van der Waals surface area contributed by atoms with Gasteiger partial charge in [0.05, 0.1) is 18.6 Å². The minimum absolute atomic E-state index is 0.0399. The molecule has 1 aromatic carbocycles. The van der Waals surface area contributed by atoms with E-state index in [1.807, 2.05) is 30.9 Å². The summed E-state index contributed by atoms with van der Waals surface area (Å²) in [6.45, 7) is 6.60. The Hall–Kier alpha value is -2.83. The van der Waals surface area contributed by atoms with Crippen LogP contribution in [0.4, 0.5) is 5.69 Å². The lowest BCUT2D eigenvalue weighted by molar-refractivity contribution is -0.122. The molecule has 1 amide bonds. The number of carbonyl (C=O) groups excluding carboxylic acids is 1. The van der Waals surface area contributed by atoms with Crippen molar-refractivity contribution in [2.75, 3.05) is 6.61 Å². The molecule has 0 radical (unpaired) electrons. The normalized spacial score (nSPS) is 17.6. The van der Waals surface area contributed by atoms with Gasteiger partial charge in [-0.2, -0.15) is 0 Å². The fourth-order valence-corrected chi connectivity index (χ4v) is 4.18. The average molecular weight is 410 g/mol. The second kappa shape index (κ2) is 9.32. The maximum atomic E-state index is 12.3. The number of ether oxygens (including phenoxy) is 1. The predicted octanol–water partition coefficient (Wildman–Crippen LogP) is 3.87. The lowest BCUT2D eigenvalue weighted by Gasteiger charge is -2.29. The molecule has 0 saturated carbocycles. The lowest BCUT2D eigenvalue weighted by atomic mass is 10.0. The van der Waals surface area contributed by atoms with Crippen LogP contribution in [0.2, 0.25) is 0 Å². The fourth-order valence-electron chi connectivity index (χ4n) is 4.18. The number of carbonyl (C=O) groups is 1. The van der Waals surface area contributed by atoms with Crippen molar-refractivity contribution in [3.8, 4) is 5.75 Å². The van der Waals surface area contributed by atoms with E-state index >= 15 is 0 Å². The molecule has 4 rings (SSSR count). The van der Waals surface area contributed by atoms with Crippen LogP contribution in [0.15, 0.2) is 41.9 Å². The summed E-state index contributed by atoms with van der Waals surface area (Å²) >= 11 is 0. The first-order valence-electron chi connectivity index (χ1n) is 11.0. The summed E-state index contributed by atoms with van der Waals surface area (Å²) in [7, 11) is 0.